The fraction of sp³-hybridized carbons (Fsp3) is 0.588. The van der Waals surface area contributed by atoms with E-state index in [1.54, 1.807) is 14.0 Å². The molecular formula is C17H26N2O4S. The molecule has 6 nitrogen and oxygen atoms in total. The van der Waals surface area contributed by atoms with Gasteiger partial charge in [-0.2, -0.15) is 0 Å². The summed E-state index contributed by atoms with van der Waals surface area (Å²) in [7, 11) is -1.59. The Morgan fingerprint density at radius 2 is 2.04 bits per heavy atom. The minimum absolute atomic E-state index is 0.0560. The molecule has 1 fully saturated rings. The van der Waals surface area contributed by atoms with Crippen LogP contribution in [0.1, 0.15) is 25.3 Å². The van der Waals surface area contributed by atoms with Crippen LogP contribution in [0.4, 0.5) is 0 Å². The van der Waals surface area contributed by atoms with E-state index in [0.29, 0.717) is 19.6 Å². The second kappa shape index (κ2) is 8.48. The van der Waals surface area contributed by atoms with E-state index in [2.05, 4.69) is 5.32 Å². The molecule has 0 unspecified atom stereocenters. The first-order valence-electron chi connectivity index (χ1n) is 8.34. The highest BCUT2D eigenvalue weighted by Crippen LogP contribution is 2.19. The molecule has 2 rings (SSSR count). The zero-order chi connectivity index (χ0) is 17.6. The third-order valence-corrected chi connectivity index (χ3v) is 6.23. The zero-order valence-corrected chi connectivity index (χ0v) is 15.1. The van der Waals surface area contributed by atoms with Gasteiger partial charge >= 0.3 is 0 Å². The molecule has 1 aliphatic rings. The highest BCUT2D eigenvalue weighted by atomic mass is 32.2. The van der Waals surface area contributed by atoms with Crippen LogP contribution in [-0.2, 0) is 21.2 Å². The van der Waals surface area contributed by atoms with E-state index < -0.39 is 10.0 Å². The molecule has 0 aliphatic carbocycles. The Bertz CT molecular complexity index is 643. The number of nitrogens with zero attached hydrogens (tertiary/aromatic N) is 1. The summed E-state index contributed by atoms with van der Waals surface area (Å²) in [6.45, 7) is 2.99. The molecule has 134 valence electrons. The van der Waals surface area contributed by atoms with Gasteiger partial charge in [-0.25, -0.2) is 12.7 Å². The molecule has 0 spiro atoms. The average Bonchev–Trinajstić information content (AvgIpc) is 2.62. The second-order valence-corrected chi connectivity index (χ2v) is 8.24. The summed E-state index contributed by atoms with van der Waals surface area (Å²) in [6, 6.07) is 7.74. The van der Waals surface area contributed by atoms with Crippen LogP contribution in [-0.4, -0.2) is 51.1 Å². The molecule has 1 aromatic rings. The van der Waals surface area contributed by atoms with Gasteiger partial charge in [0.2, 0.25) is 15.9 Å². The third kappa shape index (κ3) is 4.95. The van der Waals surface area contributed by atoms with E-state index in [1.807, 2.05) is 24.3 Å². The van der Waals surface area contributed by atoms with E-state index >= 15 is 0 Å². The standard InChI is InChI=1S/C17H26N2O4S/c1-3-24(21,22)19-12-4-5-15(13-19)17(20)18-11-10-14-6-8-16(23-2)9-7-14/h6-9,15H,3-5,10-13H2,1-2H3,(H,18,20)/t15-/m0/s1. The topological polar surface area (TPSA) is 75.7 Å². The zero-order valence-electron chi connectivity index (χ0n) is 14.3. The van der Waals surface area contributed by atoms with Gasteiger partial charge < -0.3 is 10.1 Å². The summed E-state index contributed by atoms with van der Waals surface area (Å²) in [4.78, 5) is 12.3. The van der Waals surface area contributed by atoms with Gasteiger partial charge in [-0.1, -0.05) is 12.1 Å². The van der Waals surface area contributed by atoms with Crippen molar-refractivity contribution in [3.05, 3.63) is 29.8 Å². The van der Waals surface area contributed by atoms with E-state index in [4.69, 9.17) is 4.74 Å². The Kier molecular flexibility index (Phi) is 6.62. The van der Waals surface area contributed by atoms with Crippen LogP contribution in [0, 0.1) is 5.92 Å². The molecule has 0 radical (unpaired) electrons. The summed E-state index contributed by atoms with van der Waals surface area (Å²) >= 11 is 0. The Hall–Kier alpha value is -1.60. The fourth-order valence-electron chi connectivity index (χ4n) is 2.86. The largest absolute Gasteiger partial charge is 0.497 e. The molecule has 1 saturated heterocycles. The van der Waals surface area contributed by atoms with Crippen molar-refractivity contribution in [3.8, 4) is 5.75 Å². The predicted molar refractivity (Wildman–Crippen MR) is 93.5 cm³/mol. The maximum atomic E-state index is 12.3. The summed E-state index contributed by atoms with van der Waals surface area (Å²) in [5.41, 5.74) is 1.12. The maximum absolute atomic E-state index is 12.3. The van der Waals surface area contributed by atoms with Crippen LogP contribution in [0.3, 0.4) is 0 Å². The molecule has 7 heteroatoms. The lowest BCUT2D eigenvalue weighted by Crippen LogP contribution is -2.46. The van der Waals surface area contributed by atoms with Crippen LogP contribution in [0.15, 0.2) is 24.3 Å². The summed E-state index contributed by atoms with van der Waals surface area (Å²) < 4.78 is 30.5. The van der Waals surface area contributed by atoms with Crippen molar-refractivity contribution in [2.75, 3.05) is 32.5 Å². The predicted octanol–water partition coefficient (Wildman–Crippen LogP) is 1.42. The van der Waals surface area contributed by atoms with Crippen molar-refractivity contribution >= 4 is 15.9 Å². The van der Waals surface area contributed by atoms with Crippen molar-refractivity contribution in [3.63, 3.8) is 0 Å². The SMILES string of the molecule is CCS(=O)(=O)N1CCC[C@H](C(=O)NCCc2ccc(OC)cc2)C1. The number of benzene rings is 1. The number of hydrogen-bond donors (Lipinski definition) is 1. The number of piperidine rings is 1. The maximum Gasteiger partial charge on any atom is 0.224 e. The molecule has 0 saturated carbocycles. The van der Waals surface area contributed by atoms with Crippen LogP contribution >= 0.6 is 0 Å². The van der Waals surface area contributed by atoms with Crippen molar-refractivity contribution in [2.45, 2.75) is 26.2 Å². The van der Waals surface area contributed by atoms with E-state index in [1.165, 1.54) is 4.31 Å². The molecule has 1 N–H and O–H groups in total. The van der Waals surface area contributed by atoms with Gasteiger partial charge in [0.25, 0.3) is 0 Å². The van der Waals surface area contributed by atoms with Crippen molar-refractivity contribution in [1.29, 1.82) is 0 Å². The van der Waals surface area contributed by atoms with Gasteiger partial charge in [0.05, 0.1) is 18.8 Å². The minimum atomic E-state index is -3.22. The Balaban J connectivity index is 1.81. The van der Waals surface area contributed by atoms with Gasteiger partial charge in [-0.3, -0.25) is 4.79 Å². The number of sulfonamides is 1. The van der Waals surface area contributed by atoms with Gasteiger partial charge in [0, 0.05) is 19.6 Å². The summed E-state index contributed by atoms with van der Waals surface area (Å²) in [5, 5.41) is 2.93. The number of carbonyl (C=O) groups excluding carboxylic acids is 1. The molecule has 1 aliphatic heterocycles. The molecule has 1 aromatic carbocycles. The van der Waals surface area contributed by atoms with Crippen molar-refractivity contribution < 1.29 is 17.9 Å². The van der Waals surface area contributed by atoms with Crippen LogP contribution in [0.25, 0.3) is 0 Å². The number of hydrogen-bond acceptors (Lipinski definition) is 4. The van der Waals surface area contributed by atoms with Crippen LogP contribution in [0.2, 0.25) is 0 Å². The Morgan fingerprint density at radius 1 is 1.33 bits per heavy atom. The molecule has 0 aromatic heterocycles. The Labute approximate surface area is 144 Å². The number of methoxy groups -OCH3 is 1. The smallest absolute Gasteiger partial charge is 0.224 e. The first kappa shape index (κ1) is 18.7. The van der Waals surface area contributed by atoms with Gasteiger partial charge in [-0.05, 0) is 43.9 Å². The first-order valence-corrected chi connectivity index (χ1v) is 9.95. The van der Waals surface area contributed by atoms with Crippen LogP contribution < -0.4 is 10.1 Å². The molecule has 1 atom stereocenters. The Morgan fingerprint density at radius 3 is 2.67 bits per heavy atom. The van der Waals surface area contributed by atoms with Crippen LogP contribution in [0.5, 0.6) is 5.75 Å². The molecular weight excluding hydrogens is 328 g/mol. The molecule has 24 heavy (non-hydrogen) atoms. The van der Waals surface area contributed by atoms with Gasteiger partial charge in [0.1, 0.15) is 5.75 Å². The lowest BCUT2D eigenvalue weighted by molar-refractivity contribution is -0.126. The third-order valence-electron chi connectivity index (χ3n) is 4.39. The average molecular weight is 354 g/mol. The molecule has 1 heterocycles. The highest BCUT2D eigenvalue weighted by Gasteiger charge is 2.31. The molecule has 1 amide bonds. The summed E-state index contributed by atoms with van der Waals surface area (Å²) in [5.74, 6) is 0.580. The lowest BCUT2D eigenvalue weighted by Gasteiger charge is -2.30. The normalized spacial score (nSPS) is 19.0. The van der Waals surface area contributed by atoms with Gasteiger partial charge in [-0.15, -0.1) is 0 Å². The summed E-state index contributed by atoms with van der Waals surface area (Å²) in [6.07, 6.45) is 2.21. The van der Waals surface area contributed by atoms with E-state index in [0.717, 1.165) is 30.6 Å². The quantitative estimate of drug-likeness (QED) is 0.803. The van der Waals surface area contributed by atoms with E-state index in [9.17, 15) is 13.2 Å². The van der Waals surface area contributed by atoms with Crippen molar-refractivity contribution in [1.82, 2.24) is 9.62 Å². The van der Waals surface area contributed by atoms with Crippen molar-refractivity contribution in [2.24, 2.45) is 5.92 Å². The van der Waals surface area contributed by atoms with E-state index in [-0.39, 0.29) is 17.6 Å². The first-order chi connectivity index (χ1) is 11.5. The number of nitrogens with one attached hydrogen (secondary N) is 1. The fourth-order valence-corrected chi connectivity index (χ4v) is 4.04. The molecule has 0 bridgehead atoms. The number of rotatable bonds is 7. The monoisotopic (exact) mass is 354 g/mol. The highest BCUT2D eigenvalue weighted by molar-refractivity contribution is 7.89. The number of carbonyl (C=O) groups is 1. The lowest BCUT2D eigenvalue weighted by atomic mass is 9.99. The second-order valence-electron chi connectivity index (χ2n) is 5.99. The number of ether oxygens (including phenoxy) is 1. The minimum Gasteiger partial charge on any atom is -0.497 e. The van der Waals surface area contributed by atoms with Gasteiger partial charge in [0.15, 0.2) is 0 Å². The number of amides is 1.